The fraction of sp³-hybridized carbons (Fsp3) is 0.667. The van der Waals surface area contributed by atoms with Crippen molar-refractivity contribution in [1.29, 1.82) is 0 Å². The van der Waals surface area contributed by atoms with Crippen LogP contribution in [0.25, 0.3) is 0 Å². The zero-order chi connectivity index (χ0) is 46.4. The van der Waals surface area contributed by atoms with Gasteiger partial charge in [0, 0.05) is 37.6 Å². The number of primary amides is 2. The van der Waals surface area contributed by atoms with Crippen LogP contribution in [0.1, 0.15) is 104 Å². The molecule has 13 N–H and O–H groups in total. The Morgan fingerprint density at radius 2 is 1.37 bits per heavy atom. The number of aliphatic hydroxyl groups excluding tert-OH is 1. The van der Waals surface area contributed by atoms with Crippen LogP contribution in [0.4, 0.5) is 0 Å². The summed E-state index contributed by atoms with van der Waals surface area (Å²) >= 11 is 0. The maximum Gasteiger partial charge on any atom is 0.328 e. The second-order valence-electron chi connectivity index (χ2n) is 15.7. The van der Waals surface area contributed by atoms with E-state index in [2.05, 4.69) is 61.0 Å². The predicted octanol–water partition coefficient (Wildman–Crippen LogP) is -3.15. The Hall–Kier alpha value is -6.13. The summed E-state index contributed by atoms with van der Waals surface area (Å²) in [5, 5.41) is 27.0. The molecule has 9 amide bonds. The van der Waals surface area contributed by atoms with Gasteiger partial charge in [-0.3, -0.25) is 43.2 Å². The highest BCUT2D eigenvalue weighted by atomic mass is 16.5. The molecule has 0 radical (unpaired) electrons. The molecule has 0 spiro atoms. The van der Waals surface area contributed by atoms with Gasteiger partial charge in [0.05, 0.1) is 19.0 Å². The summed E-state index contributed by atoms with van der Waals surface area (Å²) in [5.74, 6) is -8.16. The summed E-state index contributed by atoms with van der Waals surface area (Å²) in [7, 11) is 0. The Bertz CT molecular complexity index is 1710. The molecule has 346 valence electrons. The van der Waals surface area contributed by atoms with Gasteiger partial charge in [-0.1, -0.05) is 46.0 Å². The highest BCUT2D eigenvalue weighted by Crippen LogP contribution is 2.12. The summed E-state index contributed by atoms with van der Waals surface area (Å²) in [4.78, 5) is 135. The van der Waals surface area contributed by atoms with E-state index >= 15 is 0 Å². The quantitative estimate of drug-likeness (QED) is 0.0362. The number of H-pyrrole nitrogens is 1. The topological polar surface area (TPSA) is 365 Å². The van der Waals surface area contributed by atoms with Gasteiger partial charge in [0.15, 0.2) is 0 Å². The molecule has 62 heavy (non-hydrogen) atoms. The molecule has 1 aliphatic rings. The number of aromatic nitrogens is 2. The smallest absolute Gasteiger partial charge is 0.328 e. The Balaban J connectivity index is 2.15. The number of nitrogens with two attached hydrogens (primary N) is 2. The average molecular weight is 878 g/mol. The molecule has 1 aliphatic heterocycles. The summed E-state index contributed by atoms with van der Waals surface area (Å²) < 4.78 is 5.32. The van der Waals surface area contributed by atoms with E-state index in [-0.39, 0.29) is 32.1 Å². The summed E-state index contributed by atoms with van der Waals surface area (Å²) in [6.45, 7) is 5.35. The first-order valence-electron chi connectivity index (χ1n) is 20.7. The van der Waals surface area contributed by atoms with Crippen LogP contribution < -0.4 is 48.7 Å². The Morgan fingerprint density at radius 1 is 0.774 bits per heavy atom. The lowest BCUT2D eigenvalue weighted by Crippen LogP contribution is -2.59. The van der Waals surface area contributed by atoms with E-state index in [0.717, 1.165) is 32.1 Å². The maximum atomic E-state index is 13.7. The number of hydrogen-bond donors (Lipinski definition) is 11. The molecule has 2 heterocycles. The van der Waals surface area contributed by atoms with E-state index in [0.29, 0.717) is 18.0 Å². The molecule has 0 aliphatic carbocycles. The summed E-state index contributed by atoms with van der Waals surface area (Å²) in [6, 6.07) is -8.87. The van der Waals surface area contributed by atoms with E-state index in [9.17, 15) is 53.1 Å². The van der Waals surface area contributed by atoms with Gasteiger partial charge in [-0.05, 0) is 39.0 Å². The summed E-state index contributed by atoms with van der Waals surface area (Å²) in [6.07, 6.45) is 5.63. The van der Waals surface area contributed by atoms with Crippen LogP contribution >= 0.6 is 0 Å². The number of imidazole rings is 1. The van der Waals surface area contributed by atoms with Crippen molar-refractivity contribution in [3.05, 3.63) is 18.2 Å². The Morgan fingerprint density at radius 3 is 1.98 bits per heavy atom. The van der Waals surface area contributed by atoms with Crippen molar-refractivity contribution in [3.8, 4) is 0 Å². The van der Waals surface area contributed by atoms with E-state index in [4.69, 9.17) is 16.2 Å². The molecule has 23 nitrogen and oxygen atoms in total. The number of ether oxygens (including phenoxy) is 1. The molecule has 0 bridgehead atoms. The van der Waals surface area contributed by atoms with Crippen LogP contribution in [0.5, 0.6) is 0 Å². The first kappa shape index (κ1) is 52.0. The van der Waals surface area contributed by atoms with Crippen LogP contribution in [0.2, 0.25) is 0 Å². The molecule has 7 atom stereocenters. The highest BCUT2D eigenvalue weighted by Gasteiger charge is 2.35. The standard InChI is InChI=1S/C39H63N11O12/c1-21(2)10-8-6-5-7-9-11-31(54)50-33(23(4)51)38(60)43-18-32(55)45-22(3)34(56)49-28-19-62-39(61)26(13-15-30(41)53)47-35(57)25(12-14-29(40)52)46-36(58)27(48-37(28)59)16-24-17-42-20-44-24/h17,20-23,25-28,33,51H,5-16,18-19H2,1-4H3,(H2,40,52)(H2,41,53)(H,42,44)(H,43,60)(H,45,55)(H,46,58)(H,47,57)(H,48,59)(H,49,56)(H,50,54)/t22-,23+,25-,26-,27?,28?,33-/m0/s1. The number of unbranched alkanes of at least 4 members (excludes halogenated alkanes) is 4. The first-order valence-corrected chi connectivity index (χ1v) is 20.7. The highest BCUT2D eigenvalue weighted by molar-refractivity contribution is 5.97. The Labute approximate surface area is 359 Å². The van der Waals surface area contributed by atoms with Crippen LogP contribution in [0.3, 0.4) is 0 Å². The van der Waals surface area contributed by atoms with Crippen molar-refractivity contribution < 1.29 is 57.8 Å². The number of nitrogens with zero attached hydrogens (tertiary/aromatic N) is 1. The molecule has 23 heteroatoms. The van der Waals surface area contributed by atoms with E-state index in [1.54, 1.807) is 0 Å². The molecule has 0 aromatic carbocycles. The van der Waals surface area contributed by atoms with Gasteiger partial charge >= 0.3 is 5.97 Å². The number of rotatable bonds is 24. The lowest BCUT2D eigenvalue weighted by atomic mass is 10.0. The number of nitrogens with one attached hydrogen (secondary N) is 8. The molecule has 2 unspecified atom stereocenters. The number of hydrogen-bond acceptors (Lipinski definition) is 13. The van der Waals surface area contributed by atoms with E-state index in [1.807, 2.05) is 0 Å². The van der Waals surface area contributed by atoms with Gasteiger partial charge in [0.1, 0.15) is 42.9 Å². The summed E-state index contributed by atoms with van der Waals surface area (Å²) in [5.41, 5.74) is 10.9. The van der Waals surface area contributed by atoms with Gasteiger partial charge in [0.25, 0.3) is 0 Å². The molecule has 2 rings (SSSR count). The zero-order valence-corrected chi connectivity index (χ0v) is 35.7. The minimum absolute atomic E-state index is 0.148. The second-order valence-corrected chi connectivity index (χ2v) is 15.7. The van der Waals surface area contributed by atoms with Gasteiger partial charge in [0.2, 0.25) is 53.2 Å². The largest absolute Gasteiger partial charge is 0.461 e. The molecule has 1 aromatic heterocycles. The van der Waals surface area contributed by atoms with Crippen molar-refractivity contribution in [2.75, 3.05) is 13.2 Å². The number of aliphatic hydroxyl groups is 1. The molecular formula is C39H63N11O12. The van der Waals surface area contributed by atoms with Gasteiger partial charge in [-0.15, -0.1) is 0 Å². The van der Waals surface area contributed by atoms with Crippen molar-refractivity contribution in [1.82, 2.24) is 47.2 Å². The molecule has 1 saturated heterocycles. The van der Waals surface area contributed by atoms with Crippen molar-refractivity contribution in [3.63, 3.8) is 0 Å². The van der Waals surface area contributed by atoms with Gasteiger partial charge < -0.3 is 63.5 Å². The third-order valence-corrected chi connectivity index (χ3v) is 9.69. The number of carbonyl (C=O) groups excluding carboxylic acids is 10. The van der Waals surface area contributed by atoms with Crippen molar-refractivity contribution in [2.24, 2.45) is 17.4 Å². The second kappa shape index (κ2) is 26.9. The normalized spacial score (nSPS) is 20.0. The number of cyclic esters (lactones) is 1. The number of esters is 1. The zero-order valence-electron chi connectivity index (χ0n) is 35.7. The van der Waals surface area contributed by atoms with Crippen LogP contribution in [-0.2, 0) is 59.1 Å². The number of aromatic amines is 1. The first-order chi connectivity index (χ1) is 29.3. The SMILES string of the molecule is CC(C)CCCCCCCC(=O)N[C@H](C(=O)NCC(=O)N[C@@H](C)C(=O)NC1COC(=O)[C@H](CCC(N)=O)NC(=O)[C@H](CCC(N)=O)NC(=O)C(Cc2cnc[nH]2)NC1=O)[C@@H](C)O. The van der Waals surface area contributed by atoms with Crippen LogP contribution in [0.15, 0.2) is 12.5 Å². The van der Waals surface area contributed by atoms with E-state index in [1.165, 1.54) is 26.4 Å². The molecule has 0 saturated carbocycles. The minimum Gasteiger partial charge on any atom is -0.461 e. The number of amides is 9. The van der Waals surface area contributed by atoms with Gasteiger partial charge in [-0.2, -0.15) is 0 Å². The Kier molecular flexibility index (Phi) is 22.6. The number of carbonyl (C=O) groups is 10. The lowest BCUT2D eigenvalue weighted by Gasteiger charge is -2.25. The maximum absolute atomic E-state index is 13.7. The van der Waals surface area contributed by atoms with E-state index < -0.39 is 121 Å². The van der Waals surface area contributed by atoms with Crippen LogP contribution in [-0.4, -0.2) is 130 Å². The predicted molar refractivity (Wildman–Crippen MR) is 219 cm³/mol. The van der Waals surface area contributed by atoms with Gasteiger partial charge in [-0.25, -0.2) is 9.78 Å². The molecule has 1 aromatic rings. The molecule has 1 fully saturated rings. The molecular weight excluding hydrogens is 814 g/mol. The fourth-order valence-electron chi connectivity index (χ4n) is 6.13. The monoisotopic (exact) mass is 877 g/mol. The van der Waals surface area contributed by atoms with Crippen LogP contribution in [0, 0.1) is 5.92 Å². The third kappa shape index (κ3) is 20.0. The minimum atomic E-state index is -1.71. The lowest BCUT2D eigenvalue weighted by molar-refractivity contribution is -0.150. The van der Waals surface area contributed by atoms with Crippen molar-refractivity contribution >= 4 is 59.1 Å². The third-order valence-electron chi connectivity index (χ3n) is 9.69. The van der Waals surface area contributed by atoms with Crippen molar-refractivity contribution in [2.45, 2.75) is 147 Å². The average Bonchev–Trinajstić information content (AvgIpc) is 3.72. The fourth-order valence-corrected chi connectivity index (χ4v) is 6.13.